The Morgan fingerprint density at radius 3 is 2.16 bits per heavy atom. The first-order valence-electron chi connectivity index (χ1n) is 11.5. The average molecular weight is 550 g/mol. The Bertz CT molecular complexity index is 1370. The van der Waals surface area contributed by atoms with E-state index in [1.807, 2.05) is 4.90 Å². The number of sulfonamides is 1. The van der Waals surface area contributed by atoms with Gasteiger partial charge in [0, 0.05) is 37.1 Å². The number of thiophene rings is 1. The minimum atomic E-state index is -3.76. The molecule has 2 heterocycles. The number of amides is 1. The molecule has 1 aromatic heterocycles. The fraction of sp³-hybridized carbons (Fsp3) is 0.280. The summed E-state index contributed by atoms with van der Waals surface area (Å²) in [5, 5.41) is 4.79. The lowest BCUT2D eigenvalue weighted by atomic mass is 10.0. The van der Waals surface area contributed by atoms with Crippen LogP contribution in [-0.2, 0) is 19.6 Å². The lowest BCUT2D eigenvalue weighted by molar-refractivity contribution is -0.117. The van der Waals surface area contributed by atoms with Crippen molar-refractivity contribution in [3.63, 3.8) is 0 Å². The van der Waals surface area contributed by atoms with Crippen LogP contribution in [0.4, 0.5) is 13.8 Å². The first kappa shape index (κ1) is 26.9. The van der Waals surface area contributed by atoms with Gasteiger partial charge in [0.2, 0.25) is 15.9 Å². The van der Waals surface area contributed by atoms with Crippen LogP contribution in [0.3, 0.4) is 0 Å². The molecule has 196 valence electrons. The number of carbonyl (C=O) groups is 2. The highest BCUT2D eigenvalue weighted by Gasteiger charge is 2.30. The Balaban J connectivity index is 1.41. The third kappa shape index (κ3) is 6.21. The standard InChI is InChI=1S/C25H25F2N3O5S2/c1-2-35-25(32)23-21(17-3-5-18(26)6-4-17)16-36-24(23)28-22(31)15-29-11-13-30(14-12-29)37(33,34)20-9-7-19(27)8-10-20/h3-10,16H,2,11-15H2,1H3,(H,28,31). The SMILES string of the molecule is CCOC(=O)c1c(-c2ccc(F)cc2)csc1NC(=O)CN1CCN(S(=O)(=O)c2ccc(F)cc2)CC1. The van der Waals surface area contributed by atoms with Gasteiger partial charge in [0.05, 0.1) is 18.0 Å². The molecule has 1 aliphatic rings. The second-order valence-electron chi connectivity index (χ2n) is 8.26. The van der Waals surface area contributed by atoms with Gasteiger partial charge in [-0.1, -0.05) is 12.1 Å². The molecule has 2 aromatic carbocycles. The molecule has 0 atom stereocenters. The quantitative estimate of drug-likeness (QED) is 0.430. The molecular formula is C25H25F2N3O5S2. The summed E-state index contributed by atoms with van der Waals surface area (Å²) in [6.07, 6.45) is 0. The van der Waals surface area contributed by atoms with Gasteiger partial charge in [0.1, 0.15) is 22.2 Å². The fourth-order valence-electron chi connectivity index (χ4n) is 3.95. The minimum absolute atomic E-state index is 0.00349. The third-order valence-corrected chi connectivity index (χ3v) is 8.64. The zero-order valence-electron chi connectivity index (χ0n) is 19.9. The van der Waals surface area contributed by atoms with Crippen LogP contribution in [0.2, 0.25) is 0 Å². The summed E-state index contributed by atoms with van der Waals surface area (Å²) in [6, 6.07) is 10.3. The molecular weight excluding hydrogens is 524 g/mol. The summed E-state index contributed by atoms with van der Waals surface area (Å²) in [5.74, 6) is -1.89. The van der Waals surface area contributed by atoms with E-state index < -0.39 is 27.6 Å². The molecule has 37 heavy (non-hydrogen) atoms. The summed E-state index contributed by atoms with van der Waals surface area (Å²) in [6.45, 7) is 2.82. The van der Waals surface area contributed by atoms with E-state index in [-0.39, 0.29) is 42.6 Å². The molecule has 0 bridgehead atoms. The topological polar surface area (TPSA) is 96.0 Å². The Morgan fingerprint density at radius 2 is 1.57 bits per heavy atom. The van der Waals surface area contributed by atoms with Crippen LogP contribution in [0, 0.1) is 11.6 Å². The molecule has 12 heteroatoms. The van der Waals surface area contributed by atoms with E-state index in [1.165, 1.54) is 28.6 Å². The van der Waals surface area contributed by atoms with Crippen LogP contribution in [0.25, 0.3) is 11.1 Å². The van der Waals surface area contributed by atoms with E-state index in [4.69, 9.17) is 4.74 Å². The van der Waals surface area contributed by atoms with Crippen LogP contribution < -0.4 is 5.32 Å². The monoisotopic (exact) mass is 549 g/mol. The molecule has 1 aliphatic heterocycles. The Hall–Kier alpha value is -3.19. The van der Waals surface area contributed by atoms with Gasteiger partial charge in [-0.3, -0.25) is 9.69 Å². The van der Waals surface area contributed by atoms with Crippen molar-refractivity contribution in [3.8, 4) is 11.1 Å². The van der Waals surface area contributed by atoms with Crippen molar-refractivity contribution in [1.29, 1.82) is 0 Å². The summed E-state index contributed by atoms with van der Waals surface area (Å²) < 4.78 is 58.6. The van der Waals surface area contributed by atoms with E-state index in [1.54, 1.807) is 24.4 Å². The molecule has 0 saturated carbocycles. The van der Waals surface area contributed by atoms with Gasteiger partial charge in [-0.2, -0.15) is 4.31 Å². The second kappa shape index (κ2) is 11.5. The summed E-state index contributed by atoms with van der Waals surface area (Å²) in [4.78, 5) is 27.3. The fourth-order valence-corrected chi connectivity index (χ4v) is 6.35. The second-order valence-corrected chi connectivity index (χ2v) is 11.1. The number of ether oxygens (including phenoxy) is 1. The lowest BCUT2D eigenvalue weighted by Crippen LogP contribution is -2.50. The van der Waals surface area contributed by atoms with Crippen molar-refractivity contribution in [3.05, 3.63) is 71.1 Å². The van der Waals surface area contributed by atoms with E-state index in [2.05, 4.69) is 5.32 Å². The maximum Gasteiger partial charge on any atom is 0.341 e. The molecule has 3 aromatic rings. The molecule has 8 nitrogen and oxygen atoms in total. The van der Waals surface area contributed by atoms with Crippen molar-refractivity contribution in [2.75, 3.05) is 44.6 Å². The van der Waals surface area contributed by atoms with Crippen LogP contribution in [0.1, 0.15) is 17.3 Å². The van der Waals surface area contributed by atoms with Gasteiger partial charge in [-0.25, -0.2) is 22.0 Å². The number of hydrogen-bond donors (Lipinski definition) is 1. The average Bonchev–Trinajstić information content (AvgIpc) is 3.28. The molecule has 0 radical (unpaired) electrons. The number of piperazine rings is 1. The first-order chi connectivity index (χ1) is 17.7. The predicted molar refractivity (Wildman–Crippen MR) is 136 cm³/mol. The smallest absolute Gasteiger partial charge is 0.341 e. The van der Waals surface area contributed by atoms with E-state index in [0.29, 0.717) is 29.2 Å². The maximum absolute atomic E-state index is 13.4. The maximum atomic E-state index is 13.4. The first-order valence-corrected chi connectivity index (χ1v) is 13.8. The zero-order valence-corrected chi connectivity index (χ0v) is 21.6. The lowest BCUT2D eigenvalue weighted by Gasteiger charge is -2.33. The number of carbonyl (C=O) groups excluding carboxylic acids is 2. The van der Waals surface area contributed by atoms with Crippen molar-refractivity contribution < 1.29 is 31.5 Å². The van der Waals surface area contributed by atoms with E-state index >= 15 is 0 Å². The zero-order chi connectivity index (χ0) is 26.6. The summed E-state index contributed by atoms with van der Waals surface area (Å²) in [7, 11) is -3.76. The normalized spacial score (nSPS) is 14.9. The van der Waals surface area contributed by atoms with Gasteiger partial charge in [0.15, 0.2) is 0 Å². The molecule has 1 amide bonds. The number of rotatable bonds is 8. The number of nitrogens with one attached hydrogen (secondary N) is 1. The molecule has 1 N–H and O–H groups in total. The van der Waals surface area contributed by atoms with Gasteiger partial charge in [-0.05, 0) is 48.9 Å². The Labute approximate surface area is 217 Å². The minimum Gasteiger partial charge on any atom is -0.462 e. The van der Waals surface area contributed by atoms with Crippen molar-refractivity contribution >= 4 is 38.2 Å². The van der Waals surface area contributed by atoms with Gasteiger partial charge < -0.3 is 10.1 Å². The number of nitrogens with zero attached hydrogens (tertiary/aromatic N) is 2. The number of hydrogen-bond acceptors (Lipinski definition) is 7. The number of halogens is 2. The molecule has 4 rings (SSSR count). The molecule has 0 spiro atoms. The van der Waals surface area contributed by atoms with Gasteiger partial charge in [-0.15, -0.1) is 11.3 Å². The van der Waals surface area contributed by atoms with E-state index in [0.717, 1.165) is 23.5 Å². The van der Waals surface area contributed by atoms with E-state index in [9.17, 15) is 26.8 Å². The van der Waals surface area contributed by atoms with Crippen molar-refractivity contribution in [1.82, 2.24) is 9.21 Å². The van der Waals surface area contributed by atoms with Crippen LogP contribution in [0.5, 0.6) is 0 Å². The number of benzene rings is 2. The summed E-state index contributed by atoms with van der Waals surface area (Å²) in [5.41, 5.74) is 1.33. The highest BCUT2D eigenvalue weighted by atomic mass is 32.2. The predicted octanol–water partition coefficient (Wildman–Crippen LogP) is 3.82. The highest BCUT2D eigenvalue weighted by molar-refractivity contribution is 7.89. The van der Waals surface area contributed by atoms with Crippen molar-refractivity contribution in [2.24, 2.45) is 0 Å². The molecule has 0 unspecified atom stereocenters. The molecule has 1 fully saturated rings. The van der Waals surface area contributed by atoms with Gasteiger partial charge >= 0.3 is 5.97 Å². The van der Waals surface area contributed by atoms with Crippen molar-refractivity contribution in [2.45, 2.75) is 11.8 Å². The van der Waals surface area contributed by atoms with Crippen LogP contribution >= 0.6 is 11.3 Å². The highest BCUT2D eigenvalue weighted by Crippen LogP contribution is 2.36. The van der Waals surface area contributed by atoms with Crippen LogP contribution in [-0.4, -0.2) is 68.8 Å². The third-order valence-electron chi connectivity index (χ3n) is 5.83. The summed E-state index contributed by atoms with van der Waals surface area (Å²) >= 11 is 1.16. The number of anilines is 1. The van der Waals surface area contributed by atoms with Crippen LogP contribution in [0.15, 0.2) is 58.8 Å². The molecule has 0 aliphatic carbocycles. The Kier molecular flexibility index (Phi) is 8.32. The largest absolute Gasteiger partial charge is 0.462 e. The van der Waals surface area contributed by atoms with Gasteiger partial charge in [0.25, 0.3) is 0 Å². The Morgan fingerprint density at radius 1 is 0.973 bits per heavy atom. The number of esters is 1. The molecule has 1 saturated heterocycles.